The minimum atomic E-state index is -0.904. The molecule has 0 saturated heterocycles. The molecule has 5 unspecified atom stereocenters. The highest BCUT2D eigenvalue weighted by Gasteiger charge is 2.63. The van der Waals surface area contributed by atoms with E-state index in [0.717, 1.165) is 38.5 Å². The van der Waals surface area contributed by atoms with E-state index in [9.17, 15) is 19.8 Å². The van der Waals surface area contributed by atoms with Crippen LogP contribution in [0, 0.1) is 34.0 Å². The highest BCUT2D eigenvalue weighted by atomic mass is 16.4. The number of hydrogen-bond acceptors (Lipinski definition) is 2. The molecule has 3 fully saturated rings. The fourth-order valence-corrected chi connectivity index (χ4v) is 6.85. The second kappa shape index (κ2) is 5.34. The monoisotopic (exact) mass is 334 g/mol. The van der Waals surface area contributed by atoms with Gasteiger partial charge in [-0.3, -0.25) is 9.59 Å². The predicted octanol–water partition coefficient (Wildman–Crippen LogP) is 4.35. The first-order valence-corrected chi connectivity index (χ1v) is 9.16. The van der Waals surface area contributed by atoms with E-state index in [2.05, 4.69) is 13.5 Å². The van der Waals surface area contributed by atoms with Gasteiger partial charge in [0, 0.05) is 0 Å². The van der Waals surface area contributed by atoms with Gasteiger partial charge >= 0.3 is 11.9 Å². The maximum atomic E-state index is 11.9. The molecule has 5 atom stereocenters. The number of fused-ring (bicyclic) bond motifs is 1. The molecule has 1 spiro atoms. The molecule has 0 heterocycles. The zero-order chi connectivity index (χ0) is 17.9. The first-order valence-electron chi connectivity index (χ1n) is 9.16. The highest BCUT2D eigenvalue weighted by Crippen LogP contribution is 2.70. The Morgan fingerprint density at radius 1 is 1.25 bits per heavy atom. The molecule has 2 N–H and O–H groups in total. The summed E-state index contributed by atoms with van der Waals surface area (Å²) in [5, 5.41) is 19.4. The zero-order valence-electron chi connectivity index (χ0n) is 15.1. The van der Waals surface area contributed by atoms with Crippen LogP contribution < -0.4 is 0 Å². The highest BCUT2D eigenvalue weighted by molar-refractivity contribution is 5.75. The first kappa shape index (κ1) is 17.5. The van der Waals surface area contributed by atoms with Gasteiger partial charge in [-0.25, -0.2) is 0 Å². The fourth-order valence-electron chi connectivity index (χ4n) is 6.85. The smallest absolute Gasteiger partial charge is 0.309 e. The molecule has 3 aliphatic rings. The van der Waals surface area contributed by atoms with E-state index in [1.54, 1.807) is 13.8 Å². The summed E-state index contributed by atoms with van der Waals surface area (Å²) < 4.78 is 0. The Kier molecular flexibility index (Phi) is 3.89. The number of aliphatic carboxylic acids is 2. The van der Waals surface area contributed by atoms with Crippen LogP contribution in [-0.2, 0) is 9.59 Å². The van der Waals surface area contributed by atoms with Crippen LogP contribution in [0.4, 0.5) is 0 Å². The van der Waals surface area contributed by atoms with Crippen molar-refractivity contribution in [2.45, 2.75) is 65.7 Å². The van der Waals surface area contributed by atoms with Crippen LogP contribution in [0.5, 0.6) is 0 Å². The second-order valence-electron chi connectivity index (χ2n) is 9.42. The van der Waals surface area contributed by atoms with E-state index in [1.807, 2.05) is 0 Å². The lowest BCUT2D eigenvalue weighted by molar-refractivity contribution is -0.173. The van der Waals surface area contributed by atoms with Crippen molar-refractivity contribution in [3.05, 3.63) is 12.2 Å². The summed E-state index contributed by atoms with van der Waals surface area (Å²) >= 11 is 0. The molecule has 0 aromatic rings. The molecule has 3 aliphatic carbocycles. The van der Waals surface area contributed by atoms with Crippen molar-refractivity contribution in [2.24, 2.45) is 34.0 Å². The van der Waals surface area contributed by atoms with Gasteiger partial charge < -0.3 is 10.2 Å². The number of carboxylic acids is 2. The normalized spacial score (nSPS) is 41.8. The molecule has 3 rings (SSSR count). The van der Waals surface area contributed by atoms with Gasteiger partial charge in [-0.1, -0.05) is 19.1 Å². The van der Waals surface area contributed by atoms with Gasteiger partial charge in [0.1, 0.15) is 0 Å². The Hall–Kier alpha value is -1.32. The average molecular weight is 334 g/mol. The van der Waals surface area contributed by atoms with Gasteiger partial charge in [-0.05, 0) is 81.0 Å². The fraction of sp³-hybridized carbons (Fsp3) is 0.800. The Labute approximate surface area is 144 Å². The van der Waals surface area contributed by atoms with Gasteiger partial charge in [-0.15, -0.1) is 0 Å². The summed E-state index contributed by atoms with van der Waals surface area (Å²) in [6, 6.07) is 0. The van der Waals surface area contributed by atoms with E-state index in [-0.39, 0.29) is 23.7 Å². The molecule has 2 bridgehead atoms. The van der Waals surface area contributed by atoms with Crippen molar-refractivity contribution in [3.8, 4) is 0 Å². The van der Waals surface area contributed by atoms with Crippen molar-refractivity contribution in [2.75, 3.05) is 0 Å². The topological polar surface area (TPSA) is 74.6 Å². The molecule has 0 radical (unpaired) electrons. The molecule has 0 aromatic heterocycles. The summed E-state index contributed by atoms with van der Waals surface area (Å²) in [7, 11) is 0. The van der Waals surface area contributed by atoms with E-state index < -0.39 is 22.8 Å². The summed E-state index contributed by atoms with van der Waals surface area (Å²) in [6.07, 6.45) is 6.13. The lowest BCUT2D eigenvalue weighted by Gasteiger charge is -2.60. The lowest BCUT2D eigenvalue weighted by atomic mass is 9.43. The standard InChI is InChI=1S/C20H30O4/c1-12-9-20-8-7-14(18(2,3)17(23)24)19(4,11-16(21)22)15(20)6-5-13(12)10-20/h13-15H,1,5-11H2,2-4H3,(H,21,22)(H,23,24). The molecular formula is C20H30O4. The first-order chi connectivity index (χ1) is 11.0. The summed E-state index contributed by atoms with van der Waals surface area (Å²) in [4.78, 5) is 23.6. The van der Waals surface area contributed by atoms with Crippen LogP contribution in [0.3, 0.4) is 0 Å². The molecular weight excluding hydrogens is 304 g/mol. The Bertz CT molecular complexity index is 592. The lowest BCUT2D eigenvalue weighted by Crippen LogP contribution is -2.56. The van der Waals surface area contributed by atoms with Crippen molar-refractivity contribution in [3.63, 3.8) is 0 Å². The average Bonchev–Trinajstić information content (AvgIpc) is 2.67. The molecule has 0 aromatic carbocycles. The van der Waals surface area contributed by atoms with E-state index in [0.29, 0.717) is 5.92 Å². The summed E-state index contributed by atoms with van der Waals surface area (Å²) in [5.74, 6) is -0.850. The SMILES string of the molecule is C=C1CC23CCC(C(C)(C)C(=O)O)C(C)(CC(=O)O)C2CCC1C3. The largest absolute Gasteiger partial charge is 0.481 e. The zero-order valence-corrected chi connectivity index (χ0v) is 15.1. The van der Waals surface area contributed by atoms with Gasteiger partial charge in [0.25, 0.3) is 0 Å². The van der Waals surface area contributed by atoms with Crippen LogP contribution >= 0.6 is 0 Å². The maximum absolute atomic E-state index is 11.9. The summed E-state index contributed by atoms with van der Waals surface area (Å²) in [6.45, 7) is 9.89. The molecule has 3 saturated carbocycles. The molecule has 0 amide bonds. The minimum absolute atomic E-state index is 0.0674. The van der Waals surface area contributed by atoms with Crippen LogP contribution in [0.15, 0.2) is 12.2 Å². The van der Waals surface area contributed by atoms with Crippen LogP contribution in [0.1, 0.15) is 65.7 Å². The minimum Gasteiger partial charge on any atom is -0.481 e. The second-order valence-corrected chi connectivity index (χ2v) is 9.42. The molecule has 0 aliphatic heterocycles. The van der Waals surface area contributed by atoms with E-state index in [4.69, 9.17) is 0 Å². The van der Waals surface area contributed by atoms with Gasteiger partial charge in [0.2, 0.25) is 0 Å². The van der Waals surface area contributed by atoms with Gasteiger partial charge in [-0.2, -0.15) is 0 Å². The quantitative estimate of drug-likeness (QED) is 0.750. The van der Waals surface area contributed by atoms with Crippen LogP contribution in [-0.4, -0.2) is 22.2 Å². The third-order valence-electron chi connectivity index (χ3n) is 7.83. The predicted molar refractivity (Wildman–Crippen MR) is 91.5 cm³/mol. The van der Waals surface area contributed by atoms with Crippen LogP contribution in [0.2, 0.25) is 0 Å². The van der Waals surface area contributed by atoms with Crippen molar-refractivity contribution in [1.29, 1.82) is 0 Å². The Balaban J connectivity index is 2.05. The van der Waals surface area contributed by atoms with Gasteiger partial charge in [0.15, 0.2) is 0 Å². The number of rotatable bonds is 4. The Morgan fingerprint density at radius 3 is 2.50 bits per heavy atom. The van der Waals surface area contributed by atoms with Crippen LogP contribution in [0.25, 0.3) is 0 Å². The third-order valence-corrected chi connectivity index (χ3v) is 7.83. The van der Waals surface area contributed by atoms with Crippen molar-refractivity contribution >= 4 is 11.9 Å². The third kappa shape index (κ3) is 2.33. The Morgan fingerprint density at radius 2 is 1.92 bits per heavy atom. The summed E-state index contributed by atoms with van der Waals surface area (Å²) in [5.41, 5.74) is 0.126. The molecule has 4 nitrogen and oxygen atoms in total. The maximum Gasteiger partial charge on any atom is 0.309 e. The number of hydrogen-bond donors (Lipinski definition) is 2. The van der Waals surface area contributed by atoms with E-state index in [1.165, 1.54) is 5.57 Å². The van der Waals surface area contributed by atoms with Crippen molar-refractivity contribution in [1.82, 2.24) is 0 Å². The number of allylic oxidation sites excluding steroid dienone is 1. The molecule has 24 heavy (non-hydrogen) atoms. The molecule has 134 valence electrons. The van der Waals surface area contributed by atoms with Crippen molar-refractivity contribution < 1.29 is 19.8 Å². The number of carbonyl (C=O) groups is 2. The van der Waals surface area contributed by atoms with Gasteiger partial charge in [0.05, 0.1) is 11.8 Å². The molecule has 4 heteroatoms. The van der Waals surface area contributed by atoms with E-state index >= 15 is 0 Å². The number of carboxylic acid groups (broad SMARTS) is 2.